The second-order valence-corrected chi connectivity index (χ2v) is 7.04. The highest BCUT2D eigenvalue weighted by atomic mass is 19.1. The molecule has 1 fully saturated rings. The zero-order chi connectivity index (χ0) is 21.6. The van der Waals surface area contributed by atoms with E-state index in [0.717, 1.165) is 11.0 Å². The van der Waals surface area contributed by atoms with Crippen molar-refractivity contribution in [2.24, 2.45) is 0 Å². The largest absolute Gasteiger partial charge is 0.451 e. The molecule has 1 aliphatic rings. The van der Waals surface area contributed by atoms with Crippen molar-refractivity contribution in [3.05, 3.63) is 30.1 Å². The van der Waals surface area contributed by atoms with Crippen LogP contribution in [0.25, 0.3) is 0 Å². The highest BCUT2D eigenvalue weighted by Crippen LogP contribution is 2.28. The van der Waals surface area contributed by atoms with Gasteiger partial charge >= 0.3 is 12.0 Å². The van der Waals surface area contributed by atoms with E-state index in [-0.39, 0.29) is 5.69 Å². The van der Waals surface area contributed by atoms with Gasteiger partial charge in [0, 0.05) is 5.69 Å². The molecule has 2 rings (SSSR count). The standard InChI is InChI=1S/C20H26FN3O5/c1-4-9-20(10-5-2)18(27)24(19(28)23-20)12-16(25)29-13(3)17(26)22-15-8-6-7-14(21)11-15/h6-8,11,13H,4-5,9-10,12H2,1-3H3,(H,22,26)(H,23,28)/t13-/m1/s1. The SMILES string of the molecule is CCCC1(CCC)NC(=O)N(CC(=O)O[C@H](C)C(=O)Nc2cccc(F)c2)C1=O. The number of rotatable bonds is 9. The van der Waals surface area contributed by atoms with Gasteiger partial charge in [-0.15, -0.1) is 0 Å². The number of nitrogens with zero attached hydrogens (tertiary/aromatic N) is 1. The molecule has 1 atom stereocenters. The van der Waals surface area contributed by atoms with E-state index in [1.807, 2.05) is 13.8 Å². The number of imide groups is 1. The van der Waals surface area contributed by atoms with Crippen molar-refractivity contribution in [3.8, 4) is 0 Å². The third-order valence-electron chi connectivity index (χ3n) is 4.66. The molecule has 1 saturated heterocycles. The van der Waals surface area contributed by atoms with Gasteiger partial charge < -0.3 is 15.4 Å². The number of esters is 1. The van der Waals surface area contributed by atoms with Crippen LogP contribution in [0.1, 0.15) is 46.5 Å². The molecule has 1 aromatic rings. The van der Waals surface area contributed by atoms with Crippen molar-refractivity contribution < 1.29 is 28.3 Å². The minimum atomic E-state index is -1.19. The molecule has 0 aliphatic carbocycles. The number of halogens is 1. The number of urea groups is 1. The zero-order valence-corrected chi connectivity index (χ0v) is 16.8. The maximum absolute atomic E-state index is 13.2. The van der Waals surface area contributed by atoms with Crippen molar-refractivity contribution in [1.82, 2.24) is 10.2 Å². The number of hydrogen-bond acceptors (Lipinski definition) is 5. The van der Waals surface area contributed by atoms with Crippen LogP contribution in [0.3, 0.4) is 0 Å². The Morgan fingerprint density at radius 1 is 1.24 bits per heavy atom. The molecule has 0 spiro atoms. The lowest BCUT2D eigenvalue weighted by Gasteiger charge is -2.25. The number of hydrogen-bond donors (Lipinski definition) is 2. The lowest BCUT2D eigenvalue weighted by molar-refractivity contribution is -0.155. The Balaban J connectivity index is 1.96. The summed E-state index contributed by atoms with van der Waals surface area (Å²) >= 11 is 0. The predicted octanol–water partition coefficient (Wildman–Crippen LogP) is 2.59. The van der Waals surface area contributed by atoms with Crippen LogP contribution >= 0.6 is 0 Å². The molecule has 29 heavy (non-hydrogen) atoms. The first-order valence-electron chi connectivity index (χ1n) is 9.62. The van der Waals surface area contributed by atoms with E-state index >= 15 is 0 Å². The maximum atomic E-state index is 13.2. The summed E-state index contributed by atoms with van der Waals surface area (Å²) in [5.74, 6) is -2.53. The topological polar surface area (TPSA) is 105 Å². The normalized spacial score (nSPS) is 16.3. The van der Waals surface area contributed by atoms with Gasteiger partial charge in [-0.2, -0.15) is 0 Å². The van der Waals surface area contributed by atoms with Gasteiger partial charge in [-0.3, -0.25) is 19.3 Å². The quantitative estimate of drug-likeness (QED) is 0.484. The minimum absolute atomic E-state index is 0.218. The Morgan fingerprint density at radius 3 is 2.48 bits per heavy atom. The average Bonchev–Trinajstić information content (AvgIpc) is 2.86. The Kier molecular flexibility index (Phi) is 7.30. The highest BCUT2D eigenvalue weighted by Gasteiger charge is 2.50. The van der Waals surface area contributed by atoms with Gasteiger partial charge in [0.25, 0.3) is 11.8 Å². The summed E-state index contributed by atoms with van der Waals surface area (Å²) in [5, 5.41) is 5.13. The molecule has 1 aliphatic heterocycles. The molecule has 1 heterocycles. The Hall–Kier alpha value is -2.97. The van der Waals surface area contributed by atoms with Crippen LogP contribution in [0.2, 0.25) is 0 Å². The van der Waals surface area contributed by atoms with Crippen molar-refractivity contribution >= 4 is 29.5 Å². The molecule has 0 bridgehead atoms. The van der Waals surface area contributed by atoms with E-state index in [1.54, 1.807) is 0 Å². The monoisotopic (exact) mass is 407 g/mol. The molecule has 9 heteroatoms. The fourth-order valence-corrected chi connectivity index (χ4v) is 3.36. The van der Waals surface area contributed by atoms with Crippen LogP contribution < -0.4 is 10.6 Å². The maximum Gasteiger partial charge on any atom is 0.327 e. The first-order chi connectivity index (χ1) is 13.7. The summed E-state index contributed by atoms with van der Waals surface area (Å²) in [5.41, 5.74) is -0.780. The minimum Gasteiger partial charge on any atom is -0.451 e. The molecule has 0 unspecified atom stereocenters. The molecule has 1 aromatic carbocycles. The molecule has 4 amide bonds. The van der Waals surface area contributed by atoms with E-state index in [1.165, 1.54) is 25.1 Å². The summed E-state index contributed by atoms with van der Waals surface area (Å²) in [7, 11) is 0. The van der Waals surface area contributed by atoms with Crippen LogP contribution in [-0.4, -0.2) is 46.9 Å². The molecule has 0 saturated carbocycles. The zero-order valence-electron chi connectivity index (χ0n) is 16.8. The number of ether oxygens (including phenoxy) is 1. The third kappa shape index (κ3) is 5.30. The number of nitrogens with one attached hydrogen (secondary N) is 2. The molecule has 2 N–H and O–H groups in total. The fraction of sp³-hybridized carbons (Fsp3) is 0.500. The van der Waals surface area contributed by atoms with Gasteiger partial charge in [0.15, 0.2) is 6.10 Å². The Labute approximate surface area is 168 Å². The Bertz CT molecular complexity index is 792. The van der Waals surface area contributed by atoms with E-state index in [0.29, 0.717) is 25.7 Å². The summed E-state index contributed by atoms with van der Waals surface area (Å²) in [4.78, 5) is 50.2. The number of anilines is 1. The van der Waals surface area contributed by atoms with Gasteiger partial charge in [-0.25, -0.2) is 9.18 Å². The summed E-state index contributed by atoms with van der Waals surface area (Å²) in [6.45, 7) is 4.58. The lowest BCUT2D eigenvalue weighted by Crippen LogP contribution is -2.47. The van der Waals surface area contributed by atoms with Crippen molar-refractivity contribution in [2.75, 3.05) is 11.9 Å². The van der Waals surface area contributed by atoms with Gasteiger partial charge in [0.1, 0.15) is 17.9 Å². The summed E-state index contributed by atoms with van der Waals surface area (Å²) < 4.78 is 18.2. The van der Waals surface area contributed by atoms with Gasteiger partial charge in [0.2, 0.25) is 0 Å². The average molecular weight is 407 g/mol. The van der Waals surface area contributed by atoms with Crippen molar-refractivity contribution in [3.63, 3.8) is 0 Å². The van der Waals surface area contributed by atoms with E-state index < -0.39 is 47.8 Å². The number of carbonyl (C=O) groups excluding carboxylic acids is 4. The molecule has 158 valence electrons. The molecule has 0 aromatic heterocycles. The van der Waals surface area contributed by atoms with Crippen LogP contribution in [-0.2, 0) is 19.1 Å². The van der Waals surface area contributed by atoms with E-state index in [4.69, 9.17) is 4.74 Å². The molecular formula is C20H26FN3O5. The van der Waals surface area contributed by atoms with E-state index in [9.17, 15) is 23.6 Å². The van der Waals surface area contributed by atoms with Gasteiger partial charge in [0.05, 0.1) is 0 Å². The molecule has 0 radical (unpaired) electrons. The molecular weight excluding hydrogens is 381 g/mol. The number of amides is 4. The van der Waals surface area contributed by atoms with Gasteiger partial charge in [-0.05, 0) is 38.0 Å². The number of carbonyl (C=O) groups is 4. The highest BCUT2D eigenvalue weighted by molar-refractivity contribution is 6.08. The van der Waals surface area contributed by atoms with Gasteiger partial charge in [-0.1, -0.05) is 32.8 Å². The molecule has 8 nitrogen and oxygen atoms in total. The predicted molar refractivity (Wildman–Crippen MR) is 103 cm³/mol. The van der Waals surface area contributed by atoms with Crippen LogP contribution in [0.5, 0.6) is 0 Å². The second kappa shape index (κ2) is 9.49. The summed E-state index contributed by atoms with van der Waals surface area (Å²) in [6, 6.07) is 4.63. The third-order valence-corrected chi connectivity index (χ3v) is 4.66. The fourth-order valence-electron chi connectivity index (χ4n) is 3.36. The van der Waals surface area contributed by atoms with Crippen LogP contribution in [0.15, 0.2) is 24.3 Å². The van der Waals surface area contributed by atoms with Crippen LogP contribution in [0.4, 0.5) is 14.9 Å². The smallest absolute Gasteiger partial charge is 0.327 e. The lowest BCUT2D eigenvalue weighted by atomic mass is 9.88. The van der Waals surface area contributed by atoms with Crippen molar-refractivity contribution in [1.29, 1.82) is 0 Å². The first-order valence-corrected chi connectivity index (χ1v) is 9.62. The van der Waals surface area contributed by atoms with E-state index in [2.05, 4.69) is 10.6 Å². The first kappa shape index (κ1) is 22.3. The van der Waals surface area contributed by atoms with Crippen molar-refractivity contribution in [2.45, 2.75) is 58.1 Å². The van der Waals surface area contributed by atoms with Crippen LogP contribution in [0, 0.1) is 5.82 Å². The summed E-state index contributed by atoms with van der Waals surface area (Å²) in [6.07, 6.45) is 1.15. The number of benzene rings is 1. The Morgan fingerprint density at radius 2 is 1.90 bits per heavy atom. The second-order valence-electron chi connectivity index (χ2n) is 7.04.